The van der Waals surface area contributed by atoms with E-state index in [1.807, 2.05) is 83.3 Å². The van der Waals surface area contributed by atoms with Gasteiger partial charge < -0.3 is 4.57 Å². The van der Waals surface area contributed by atoms with Crippen molar-refractivity contribution in [1.29, 1.82) is 0 Å². The maximum Gasteiger partial charge on any atom is 0.164 e. The number of benzene rings is 7. The summed E-state index contributed by atoms with van der Waals surface area (Å²) in [5.74, 6) is 1.97. The zero-order valence-electron chi connectivity index (χ0n) is 30.7. The highest BCUT2D eigenvalue weighted by atomic mass is 32.1. The van der Waals surface area contributed by atoms with Crippen LogP contribution in [0.3, 0.4) is 0 Å². The maximum absolute atomic E-state index is 5.01. The summed E-state index contributed by atoms with van der Waals surface area (Å²) >= 11 is 3.79. The Morgan fingerprint density at radius 2 is 1.04 bits per heavy atom. The molecule has 1 aliphatic rings. The Morgan fingerprint density at radius 3 is 1.70 bits per heavy atom. The Balaban J connectivity index is 1.05. The Bertz CT molecular complexity index is 3330. The van der Waals surface area contributed by atoms with E-state index in [0.717, 1.165) is 35.1 Å². The molecule has 6 heteroatoms. The molecule has 0 N–H and O–H groups in total. The molecule has 4 aromatic heterocycles. The molecule has 0 radical (unpaired) electrons. The molecule has 0 saturated carbocycles. The van der Waals surface area contributed by atoms with Crippen LogP contribution in [0.1, 0.15) is 17.7 Å². The number of aromatic nitrogens is 4. The summed E-state index contributed by atoms with van der Waals surface area (Å²) in [4.78, 5) is 14.9. The second-order valence-electron chi connectivity index (χ2n) is 14.7. The van der Waals surface area contributed by atoms with E-state index in [4.69, 9.17) is 15.0 Å². The fourth-order valence-electron chi connectivity index (χ4n) is 8.67. The van der Waals surface area contributed by atoms with Crippen molar-refractivity contribution in [2.75, 3.05) is 0 Å². The number of hydrogen-bond donors (Lipinski definition) is 0. The lowest BCUT2D eigenvalue weighted by Crippen LogP contribution is -2.03. The third-order valence-electron chi connectivity index (χ3n) is 11.3. The number of thiophene rings is 2. The van der Waals surface area contributed by atoms with Gasteiger partial charge in [-0.3, -0.25) is 0 Å². The van der Waals surface area contributed by atoms with Crippen molar-refractivity contribution in [1.82, 2.24) is 19.5 Å². The number of fused-ring (bicyclic) bond motifs is 10. The molecule has 0 spiro atoms. The van der Waals surface area contributed by atoms with Crippen LogP contribution in [0, 0.1) is 0 Å². The van der Waals surface area contributed by atoms with E-state index in [2.05, 4.69) is 114 Å². The monoisotopic (exact) mass is 764 g/mol. The largest absolute Gasteiger partial charge is 0.313 e. The van der Waals surface area contributed by atoms with Crippen molar-refractivity contribution in [3.05, 3.63) is 175 Å². The minimum Gasteiger partial charge on any atom is -0.313 e. The minimum atomic E-state index is 0.654. The van der Waals surface area contributed by atoms with Gasteiger partial charge in [0.2, 0.25) is 0 Å². The van der Waals surface area contributed by atoms with Crippen LogP contribution in [0.2, 0.25) is 0 Å². The molecule has 0 bridgehead atoms. The molecule has 4 nitrogen and oxygen atoms in total. The molecular weight excluding hydrogens is 733 g/mol. The standard InChI is InChI=1S/C51H32N4S2/c1-3-13-32(14-4-1)49-52-50(33-15-5-2-6-16-33)54-51(53-49)34-25-23-31(24-26-34)40-29-35(30-41-37-18-9-12-22-45(37)56-47(40)41)55-42-20-10-7-19-39(42)46-43(55)28-27-38-36-17-8-11-21-44(36)57-48(38)46/h1-9,11-19,21-30H,10,20H2. The van der Waals surface area contributed by atoms with Crippen LogP contribution < -0.4 is 0 Å². The predicted molar refractivity (Wildman–Crippen MR) is 242 cm³/mol. The van der Waals surface area contributed by atoms with Crippen LogP contribution in [0.5, 0.6) is 0 Å². The highest BCUT2D eigenvalue weighted by Crippen LogP contribution is 2.46. The van der Waals surface area contributed by atoms with Crippen LogP contribution >= 0.6 is 22.7 Å². The Morgan fingerprint density at radius 1 is 0.474 bits per heavy atom. The average Bonchev–Trinajstić information content (AvgIpc) is 3.96. The zero-order valence-corrected chi connectivity index (χ0v) is 32.3. The van der Waals surface area contributed by atoms with Crippen molar-refractivity contribution < 1.29 is 0 Å². The van der Waals surface area contributed by atoms with Crippen molar-refractivity contribution in [3.8, 4) is 51.0 Å². The van der Waals surface area contributed by atoms with Gasteiger partial charge in [0.05, 0.1) is 5.52 Å². The van der Waals surface area contributed by atoms with Gasteiger partial charge in [0, 0.05) is 84.9 Å². The molecule has 57 heavy (non-hydrogen) atoms. The summed E-state index contributed by atoms with van der Waals surface area (Å²) in [5.41, 5.74) is 10.5. The first kappa shape index (κ1) is 32.5. The van der Waals surface area contributed by atoms with Crippen molar-refractivity contribution >= 4 is 80.0 Å². The number of allylic oxidation sites excluding steroid dienone is 1. The molecule has 1 aliphatic carbocycles. The zero-order chi connectivity index (χ0) is 37.5. The number of rotatable bonds is 5. The summed E-state index contributed by atoms with van der Waals surface area (Å²) in [5, 5.41) is 6.62. The highest BCUT2D eigenvalue weighted by molar-refractivity contribution is 7.27. The Kier molecular flexibility index (Phi) is 7.37. The van der Waals surface area contributed by atoms with E-state index >= 15 is 0 Å². The summed E-state index contributed by atoms with van der Waals surface area (Å²) in [6, 6.07) is 56.3. The molecule has 0 atom stereocenters. The quantitative estimate of drug-likeness (QED) is 0.175. The van der Waals surface area contributed by atoms with Crippen LogP contribution in [0.25, 0.3) is 108 Å². The second-order valence-corrected chi connectivity index (χ2v) is 16.8. The molecule has 268 valence electrons. The van der Waals surface area contributed by atoms with Gasteiger partial charge in [-0.05, 0) is 48.7 Å². The predicted octanol–water partition coefficient (Wildman–Crippen LogP) is 14.2. The molecule has 0 aliphatic heterocycles. The van der Waals surface area contributed by atoms with Crippen LogP contribution in [0.15, 0.2) is 164 Å². The number of hydrogen-bond acceptors (Lipinski definition) is 5. The van der Waals surface area contributed by atoms with E-state index in [9.17, 15) is 0 Å². The van der Waals surface area contributed by atoms with E-state index in [0.29, 0.717) is 17.5 Å². The average molecular weight is 765 g/mol. The third kappa shape index (κ3) is 5.22. The van der Waals surface area contributed by atoms with Gasteiger partial charge in [0.1, 0.15) is 0 Å². The third-order valence-corrected chi connectivity index (χ3v) is 13.7. The van der Waals surface area contributed by atoms with Gasteiger partial charge in [0.15, 0.2) is 17.5 Å². The van der Waals surface area contributed by atoms with E-state index in [1.165, 1.54) is 73.8 Å². The van der Waals surface area contributed by atoms with Crippen LogP contribution in [-0.4, -0.2) is 19.5 Å². The summed E-state index contributed by atoms with van der Waals surface area (Å²) in [6.45, 7) is 0. The Hall–Kier alpha value is -6.73. The molecule has 0 amide bonds. The van der Waals surface area contributed by atoms with Gasteiger partial charge in [-0.1, -0.05) is 140 Å². The topological polar surface area (TPSA) is 43.6 Å². The lowest BCUT2D eigenvalue weighted by Gasteiger charge is -2.16. The van der Waals surface area contributed by atoms with Gasteiger partial charge in [0.25, 0.3) is 0 Å². The molecule has 11 aromatic rings. The van der Waals surface area contributed by atoms with Gasteiger partial charge in [-0.25, -0.2) is 15.0 Å². The second kappa shape index (κ2) is 12.9. The lowest BCUT2D eigenvalue weighted by atomic mass is 9.99. The SMILES string of the molecule is C1=Cc2c(n(-c3cc(-c4ccc(-c5nc(-c6ccccc6)nc(-c6ccccc6)n5)cc4)c4sc5ccccc5c4c3)c3ccc4c5ccccc5sc4c23)CC1. The molecule has 12 rings (SSSR count). The van der Waals surface area contributed by atoms with Gasteiger partial charge >= 0.3 is 0 Å². The van der Waals surface area contributed by atoms with Gasteiger partial charge in [-0.2, -0.15) is 0 Å². The highest BCUT2D eigenvalue weighted by Gasteiger charge is 2.24. The van der Waals surface area contributed by atoms with Crippen molar-refractivity contribution in [2.24, 2.45) is 0 Å². The molecule has 4 heterocycles. The molecule has 0 saturated heterocycles. The normalized spacial score (nSPS) is 12.7. The van der Waals surface area contributed by atoms with Crippen molar-refractivity contribution in [3.63, 3.8) is 0 Å². The fraction of sp³-hybridized carbons (Fsp3) is 0.0392. The van der Waals surface area contributed by atoms with Crippen LogP contribution in [-0.2, 0) is 6.42 Å². The first-order chi connectivity index (χ1) is 28.2. The summed E-state index contributed by atoms with van der Waals surface area (Å²) < 4.78 is 7.86. The molecular formula is C51H32N4S2. The molecule has 0 fully saturated rings. The molecule has 7 aromatic carbocycles. The first-order valence-corrected chi connectivity index (χ1v) is 21.0. The van der Waals surface area contributed by atoms with E-state index in [1.54, 1.807) is 0 Å². The van der Waals surface area contributed by atoms with E-state index < -0.39 is 0 Å². The first-order valence-electron chi connectivity index (χ1n) is 19.3. The van der Waals surface area contributed by atoms with E-state index in [-0.39, 0.29) is 0 Å². The fourth-order valence-corrected chi connectivity index (χ4v) is 11.1. The van der Waals surface area contributed by atoms with Gasteiger partial charge in [-0.15, -0.1) is 22.7 Å². The minimum absolute atomic E-state index is 0.654. The Labute approximate surface area is 336 Å². The smallest absolute Gasteiger partial charge is 0.164 e. The maximum atomic E-state index is 5.01. The summed E-state index contributed by atoms with van der Waals surface area (Å²) in [6.07, 6.45) is 6.75. The summed E-state index contributed by atoms with van der Waals surface area (Å²) in [7, 11) is 0. The molecule has 0 unspecified atom stereocenters. The lowest BCUT2D eigenvalue weighted by molar-refractivity contribution is 0.889. The van der Waals surface area contributed by atoms with Crippen LogP contribution in [0.4, 0.5) is 0 Å². The number of nitrogens with zero attached hydrogens (tertiary/aromatic N) is 4. The van der Waals surface area contributed by atoms with Crippen molar-refractivity contribution in [2.45, 2.75) is 12.8 Å².